The van der Waals surface area contributed by atoms with Crippen LogP contribution in [-0.2, 0) is 11.2 Å². The second-order valence-electron chi connectivity index (χ2n) is 7.46. The maximum atomic E-state index is 13.9. The van der Waals surface area contributed by atoms with Crippen molar-refractivity contribution in [1.82, 2.24) is 10.2 Å². The summed E-state index contributed by atoms with van der Waals surface area (Å²) < 4.78 is 26.9. The van der Waals surface area contributed by atoms with E-state index in [2.05, 4.69) is 11.5 Å². The number of piperidine rings is 1. The number of nitrogens with two attached hydrogens (primary N) is 1. The molecule has 1 saturated heterocycles. The summed E-state index contributed by atoms with van der Waals surface area (Å²) in [7, 11) is 0. The number of hydrogen-bond acceptors (Lipinski definition) is 6. The highest BCUT2D eigenvalue weighted by molar-refractivity contribution is 6.21. The van der Waals surface area contributed by atoms with Gasteiger partial charge in [-0.2, -0.15) is 5.26 Å². The summed E-state index contributed by atoms with van der Waals surface area (Å²) in [5, 5.41) is 20.5. The van der Waals surface area contributed by atoms with Gasteiger partial charge in [0.15, 0.2) is 12.5 Å². The third-order valence-corrected chi connectivity index (χ3v) is 5.25. The van der Waals surface area contributed by atoms with Crippen LogP contribution in [-0.4, -0.2) is 36.0 Å². The largest absolute Gasteiger partial charge is 0.385 e. The van der Waals surface area contributed by atoms with Crippen molar-refractivity contribution in [3.8, 4) is 6.19 Å². The van der Waals surface area contributed by atoms with E-state index in [0.29, 0.717) is 30.5 Å². The molecule has 160 valence electrons. The highest BCUT2D eigenvalue weighted by Crippen LogP contribution is 2.17. The van der Waals surface area contributed by atoms with E-state index >= 15 is 0 Å². The molecular formula is C23H23F2N5O. The fourth-order valence-electron chi connectivity index (χ4n) is 3.57. The Kier molecular flexibility index (Phi) is 6.98. The van der Waals surface area contributed by atoms with E-state index in [4.69, 9.17) is 16.4 Å². The van der Waals surface area contributed by atoms with Crippen molar-refractivity contribution < 1.29 is 13.6 Å². The average Bonchev–Trinajstić information content (AvgIpc) is 2.76. The number of nitriles is 1. The number of allylic oxidation sites excluding steroid dienone is 1. The first-order valence-corrected chi connectivity index (χ1v) is 9.89. The van der Waals surface area contributed by atoms with Gasteiger partial charge in [0, 0.05) is 37.2 Å². The Morgan fingerprint density at radius 1 is 1.29 bits per heavy atom. The summed E-state index contributed by atoms with van der Waals surface area (Å²) in [6.45, 7) is 1.19. The van der Waals surface area contributed by atoms with E-state index in [-0.39, 0.29) is 29.6 Å². The van der Waals surface area contributed by atoms with Gasteiger partial charge >= 0.3 is 0 Å². The molecule has 1 aliphatic heterocycles. The minimum Gasteiger partial charge on any atom is -0.385 e. The zero-order valence-corrected chi connectivity index (χ0v) is 16.9. The van der Waals surface area contributed by atoms with Crippen molar-refractivity contribution in [1.29, 1.82) is 10.7 Å². The van der Waals surface area contributed by atoms with Crippen molar-refractivity contribution in [2.45, 2.75) is 25.3 Å². The average molecular weight is 423 g/mol. The number of carbonyl (C=O) groups is 1. The van der Waals surface area contributed by atoms with Crippen molar-refractivity contribution >= 4 is 12.0 Å². The maximum Gasteiger partial charge on any atom is 0.179 e. The minimum atomic E-state index is -0.627. The first-order chi connectivity index (χ1) is 14.9. The molecule has 6 nitrogen and oxygen atoms in total. The maximum absolute atomic E-state index is 13.9. The van der Waals surface area contributed by atoms with E-state index in [9.17, 15) is 13.6 Å². The summed E-state index contributed by atoms with van der Waals surface area (Å²) in [6.07, 6.45) is 4.57. The zero-order chi connectivity index (χ0) is 22.4. The molecular weight excluding hydrogens is 400 g/mol. The Bertz CT molecular complexity index is 1040. The smallest absolute Gasteiger partial charge is 0.179 e. The molecule has 8 heteroatoms. The van der Waals surface area contributed by atoms with Crippen molar-refractivity contribution in [2.24, 2.45) is 5.73 Å². The van der Waals surface area contributed by atoms with Gasteiger partial charge in [-0.15, -0.1) is 0 Å². The Hall–Kier alpha value is -3.73. The van der Waals surface area contributed by atoms with E-state index in [0.717, 1.165) is 24.5 Å². The molecule has 31 heavy (non-hydrogen) atoms. The number of carbonyl (C=O) groups excluding carboxylic acids is 1. The van der Waals surface area contributed by atoms with Gasteiger partial charge in [0.25, 0.3) is 0 Å². The molecule has 1 atom stereocenters. The highest BCUT2D eigenvalue weighted by atomic mass is 19.1. The third-order valence-electron chi connectivity index (χ3n) is 5.25. The predicted octanol–water partition coefficient (Wildman–Crippen LogP) is 2.83. The summed E-state index contributed by atoms with van der Waals surface area (Å²) in [5.41, 5.74) is 7.70. The summed E-state index contributed by atoms with van der Waals surface area (Å²) >= 11 is 0. The normalized spacial score (nSPS) is 16.8. The van der Waals surface area contributed by atoms with Crippen molar-refractivity contribution in [3.05, 3.63) is 82.2 Å². The lowest BCUT2D eigenvalue weighted by Gasteiger charge is -2.30. The van der Waals surface area contributed by atoms with E-state index < -0.39 is 11.6 Å². The second kappa shape index (κ2) is 9.85. The van der Waals surface area contributed by atoms with Gasteiger partial charge in [-0.3, -0.25) is 10.2 Å². The number of hydrogen-bond donors (Lipinski definition) is 3. The fraction of sp³-hybridized carbons (Fsp3) is 0.261. The topological polar surface area (TPSA) is 106 Å². The number of nitrogens with zero attached hydrogens (tertiary/aromatic N) is 2. The number of rotatable bonds is 7. The SMILES string of the molecule is N#CN1CCCC(N/C(N)=C(/C=O)C(=N)c2ccc(Cc3ccc(F)cc3F)cc2)C1. The molecule has 0 saturated carbocycles. The number of halogens is 2. The van der Waals surface area contributed by atoms with Crippen LogP contribution < -0.4 is 11.1 Å². The van der Waals surface area contributed by atoms with Crippen LogP contribution in [0.1, 0.15) is 29.5 Å². The lowest BCUT2D eigenvalue weighted by atomic mass is 9.98. The molecule has 1 unspecified atom stereocenters. The monoisotopic (exact) mass is 423 g/mol. The van der Waals surface area contributed by atoms with Gasteiger partial charge < -0.3 is 16.0 Å². The number of nitrogens with one attached hydrogen (secondary N) is 2. The summed E-state index contributed by atoms with van der Waals surface area (Å²) in [6, 6.07) is 10.2. The third kappa shape index (κ3) is 5.45. The highest BCUT2D eigenvalue weighted by Gasteiger charge is 2.21. The van der Waals surface area contributed by atoms with E-state index in [1.807, 2.05) is 0 Å². The molecule has 1 fully saturated rings. The fourth-order valence-corrected chi connectivity index (χ4v) is 3.57. The standard InChI is InChI=1S/C23H23F2N5O/c24-18-8-7-17(21(25)11-18)10-15-3-5-16(6-4-15)22(27)20(13-31)23(28)29-19-2-1-9-30(12-19)14-26/h3-8,11,13,19,27,29H,1-2,9-10,12,28H2/b23-20-,27-22?. The van der Waals surface area contributed by atoms with Crippen LogP contribution in [0.5, 0.6) is 0 Å². The molecule has 1 heterocycles. The second-order valence-corrected chi connectivity index (χ2v) is 7.46. The quantitative estimate of drug-likeness (QED) is 0.275. The van der Waals surface area contributed by atoms with Gasteiger partial charge in [-0.1, -0.05) is 30.3 Å². The molecule has 4 N–H and O–H groups in total. The molecule has 3 rings (SSSR count). The van der Waals surface area contributed by atoms with E-state index in [1.165, 1.54) is 12.1 Å². The van der Waals surface area contributed by atoms with Crippen LogP contribution in [0.4, 0.5) is 8.78 Å². The van der Waals surface area contributed by atoms with Gasteiger partial charge in [-0.05, 0) is 30.0 Å². The summed E-state index contributed by atoms with van der Waals surface area (Å²) in [5.74, 6) is -1.14. The van der Waals surface area contributed by atoms with Crippen LogP contribution in [0.2, 0.25) is 0 Å². The van der Waals surface area contributed by atoms with Crippen LogP contribution in [0.25, 0.3) is 0 Å². The minimum absolute atomic E-state index is 0.0337. The van der Waals surface area contributed by atoms with Crippen LogP contribution in [0.15, 0.2) is 53.9 Å². The van der Waals surface area contributed by atoms with Crippen LogP contribution in [0.3, 0.4) is 0 Å². The van der Waals surface area contributed by atoms with Crippen molar-refractivity contribution in [2.75, 3.05) is 13.1 Å². The Morgan fingerprint density at radius 2 is 2.03 bits per heavy atom. The Balaban J connectivity index is 1.72. The number of benzene rings is 2. The molecule has 1 aliphatic rings. The number of aldehydes is 1. The van der Waals surface area contributed by atoms with Crippen molar-refractivity contribution in [3.63, 3.8) is 0 Å². The Morgan fingerprint density at radius 3 is 2.68 bits per heavy atom. The molecule has 0 amide bonds. The summed E-state index contributed by atoms with van der Waals surface area (Å²) in [4.78, 5) is 13.3. The number of likely N-dealkylation sites (tertiary alicyclic amines) is 1. The molecule has 0 aliphatic carbocycles. The van der Waals surface area contributed by atoms with Gasteiger partial charge in [0.2, 0.25) is 0 Å². The predicted molar refractivity (Wildman–Crippen MR) is 113 cm³/mol. The molecule has 0 radical (unpaired) electrons. The van der Waals surface area contributed by atoms with E-state index in [1.54, 1.807) is 29.2 Å². The molecule has 2 aromatic carbocycles. The molecule has 0 bridgehead atoms. The van der Waals surface area contributed by atoms with Gasteiger partial charge in [0.05, 0.1) is 11.3 Å². The lowest BCUT2D eigenvalue weighted by molar-refractivity contribution is -0.104. The first kappa shape index (κ1) is 22.0. The molecule has 0 aromatic heterocycles. The van der Waals surface area contributed by atoms with Gasteiger partial charge in [-0.25, -0.2) is 8.78 Å². The van der Waals surface area contributed by atoms with Crippen LogP contribution in [0, 0.1) is 28.5 Å². The Labute approximate surface area is 179 Å². The van der Waals surface area contributed by atoms with Crippen LogP contribution >= 0.6 is 0 Å². The molecule has 2 aromatic rings. The molecule has 0 spiro atoms. The first-order valence-electron chi connectivity index (χ1n) is 9.89. The van der Waals surface area contributed by atoms with Gasteiger partial charge in [0.1, 0.15) is 17.5 Å². The zero-order valence-electron chi connectivity index (χ0n) is 16.9. The lowest BCUT2D eigenvalue weighted by Crippen LogP contribution is -2.45.